The minimum atomic E-state index is -1.91. The molecule has 0 radical (unpaired) electrons. The molecule has 1 aromatic heterocycles. The number of carbonyl (C=O) groups is 2. The third-order valence-corrected chi connectivity index (χ3v) is 11.4. The first-order valence-electron chi connectivity index (χ1n) is 12.0. The van der Waals surface area contributed by atoms with Crippen LogP contribution in [0.15, 0.2) is 4.79 Å². The summed E-state index contributed by atoms with van der Waals surface area (Å²) in [5.41, 5.74) is -3.21. The Labute approximate surface area is 208 Å². The first-order valence-corrected chi connectivity index (χ1v) is 14.9. The topological polar surface area (TPSA) is 140 Å². The van der Waals surface area contributed by atoms with Crippen LogP contribution in [0.4, 0.5) is 4.79 Å². The van der Waals surface area contributed by atoms with Crippen molar-refractivity contribution in [2.75, 3.05) is 13.7 Å². The molecule has 10 nitrogen and oxygen atoms in total. The number of methoxy groups -OCH3 is 1. The van der Waals surface area contributed by atoms with E-state index in [4.69, 9.17) is 9.16 Å². The second-order valence-corrected chi connectivity index (χ2v) is 16.6. The lowest BCUT2D eigenvalue weighted by Crippen LogP contribution is -2.52. The van der Waals surface area contributed by atoms with E-state index < -0.39 is 48.5 Å². The highest BCUT2D eigenvalue weighted by Crippen LogP contribution is 2.41. The summed E-state index contributed by atoms with van der Waals surface area (Å²) in [7, 11) is -0.777. The van der Waals surface area contributed by atoms with Crippen molar-refractivity contribution in [3.05, 3.63) is 21.9 Å². The summed E-state index contributed by atoms with van der Waals surface area (Å²) in [5.74, 6) is -1.43. The molecule has 2 rings (SSSR count). The number of aromatic amines is 1. The van der Waals surface area contributed by atoms with E-state index in [2.05, 4.69) is 53.9 Å². The second kappa shape index (κ2) is 10.3. The molecular weight excluding hydrogens is 470 g/mol. The molecule has 11 heteroatoms. The van der Waals surface area contributed by atoms with Crippen molar-refractivity contribution in [2.45, 2.75) is 96.5 Å². The minimum absolute atomic E-state index is 0.0790. The summed E-state index contributed by atoms with van der Waals surface area (Å²) < 4.78 is 16.5. The lowest BCUT2D eigenvalue weighted by atomic mass is 9.76. The molecule has 0 aliphatic heterocycles. The zero-order chi connectivity index (χ0) is 26.8. The van der Waals surface area contributed by atoms with Gasteiger partial charge in [-0.15, -0.1) is 0 Å². The molecule has 35 heavy (non-hydrogen) atoms. The van der Waals surface area contributed by atoms with Gasteiger partial charge < -0.3 is 29.3 Å². The van der Waals surface area contributed by atoms with Gasteiger partial charge in [-0.05, 0) is 70.5 Å². The fourth-order valence-corrected chi connectivity index (χ4v) is 4.82. The fraction of sp³-hybridized carbons (Fsp3) is 0.750. The van der Waals surface area contributed by atoms with Crippen molar-refractivity contribution >= 4 is 20.4 Å². The van der Waals surface area contributed by atoms with Gasteiger partial charge in [-0.3, -0.25) is 4.79 Å². The maximum Gasteiger partial charge on any atom is 0.408 e. The lowest BCUT2D eigenvalue weighted by Gasteiger charge is -2.42. The molecule has 1 aliphatic rings. The van der Waals surface area contributed by atoms with Gasteiger partial charge >= 0.3 is 12.1 Å². The molecule has 0 aromatic carbocycles. The van der Waals surface area contributed by atoms with Crippen molar-refractivity contribution in [2.24, 2.45) is 5.92 Å². The maximum absolute atomic E-state index is 12.8. The molecule has 1 heterocycles. The zero-order valence-electron chi connectivity index (χ0n) is 22.5. The number of ether oxygens (including phenoxy) is 2. The Bertz CT molecular complexity index is 984. The Hall–Kier alpha value is -2.40. The Morgan fingerprint density at radius 3 is 2.23 bits per heavy atom. The predicted octanol–water partition coefficient (Wildman–Crippen LogP) is 4.19. The van der Waals surface area contributed by atoms with Gasteiger partial charge in [0.25, 0.3) is 5.56 Å². The number of alkyl carbamates (subject to hydrolysis) is 1. The van der Waals surface area contributed by atoms with Gasteiger partial charge in [-0.25, -0.2) is 14.6 Å². The van der Waals surface area contributed by atoms with Crippen molar-refractivity contribution in [3.8, 4) is 5.75 Å². The summed E-state index contributed by atoms with van der Waals surface area (Å²) in [6.45, 7) is 16.9. The number of rotatable bonds is 6. The Kier molecular flexibility index (Phi) is 8.48. The summed E-state index contributed by atoms with van der Waals surface area (Å²) in [5, 5.41) is 13.1. The van der Waals surface area contributed by atoms with E-state index in [1.54, 1.807) is 20.8 Å². The van der Waals surface area contributed by atoms with Crippen LogP contribution in [0, 0.1) is 5.92 Å². The Balaban J connectivity index is 2.35. The molecular formula is C24H41N3O7Si. The van der Waals surface area contributed by atoms with Gasteiger partial charge in [0.05, 0.1) is 7.11 Å². The number of hydrogen-bond donors (Lipinski definition) is 3. The van der Waals surface area contributed by atoms with Gasteiger partial charge in [0.15, 0.2) is 14.0 Å². The number of H-pyrrole nitrogens is 1. The molecule has 0 atom stereocenters. The van der Waals surface area contributed by atoms with E-state index in [0.717, 1.165) is 7.11 Å². The molecule has 0 saturated heterocycles. The molecule has 1 saturated carbocycles. The molecule has 0 bridgehead atoms. The Morgan fingerprint density at radius 1 is 1.17 bits per heavy atom. The van der Waals surface area contributed by atoms with Crippen LogP contribution in [-0.2, 0) is 19.4 Å². The summed E-state index contributed by atoms with van der Waals surface area (Å²) in [6.07, 6.45) is 1.60. The number of nitrogens with one attached hydrogen (secondary N) is 2. The number of aromatic nitrogens is 2. The number of amides is 1. The molecule has 1 aliphatic carbocycles. The average Bonchev–Trinajstić information content (AvgIpc) is 2.72. The lowest BCUT2D eigenvalue weighted by molar-refractivity contribution is 0.0378. The quantitative estimate of drug-likeness (QED) is 0.381. The first kappa shape index (κ1) is 28.8. The minimum Gasteiger partial charge on any atom is -0.501 e. The normalized spacial score (nSPS) is 21.3. The maximum atomic E-state index is 12.8. The molecule has 0 spiro atoms. The van der Waals surface area contributed by atoms with E-state index in [0.29, 0.717) is 32.3 Å². The smallest absolute Gasteiger partial charge is 0.408 e. The molecule has 3 N–H and O–H groups in total. The van der Waals surface area contributed by atoms with Crippen LogP contribution >= 0.6 is 0 Å². The summed E-state index contributed by atoms with van der Waals surface area (Å²) >= 11 is 0. The standard InChI is InChI=1S/C24H41N3O7Si/c1-22(2,3)34-21(31)27-24(20-25-16(19(30)32-7)17(28)18(29)26-20)12-10-15(11-13-24)14-33-35(8,9)23(4,5)6/h15,28H,10-14H2,1-9H3,(H,27,31)(H,25,26,29). The van der Waals surface area contributed by atoms with Crippen LogP contribution in [0.3, 0.4) is 0 Å². The van der Waals surface area contributed by atoms with E-state index in [1.807, 2.05) is 0 Å². The average molecular weight is 512 g/mol. The van der Waals surface area contributed by atoms with Crippen LogP contribution < -0.4 is 10.9 Å². The first-order chi connectivity index (χ1) is 15.9. The monoisotopic (exact) mass is 511 g/mol. The molecule has 1 aromatic rings. The summed E-state index contributed by atoms with van der Waals surface area (Å²) in [4.78, 5) is 44.1. The van der Waals surface area contributed by atoms with Gasteiger partial charge in [-0.2, -0.15) is 0 Å². The van der Waals surface area contributed by atoms with Gasteiger partial charge in [-0.1, -0.05) is 20.8 Å². The van der Waals surface area contributed by atoms with E-state index in [1.165, 1.54) is 0 Å². The van der Waals surface area contributed by atoms with E-state index in [-0.39, 0.29) is 16.8 Å². The third-order valence-electron chi connectivity index (χ3n) is 6.91. The number of nitrogens with zero attached hydrogens (tertiary/aromatic N) is 1. The van der Waals surface area contributed by atoms with Crippen LogP contribution in [0.2, 0.25) is 18.1 Å². The van der Waals surface area contributed by atoms with Crippen LogP contribution in [0.25, 0.3) is 0 Å². The van der Waals surface area contributed by atoms with Crippen molar-refractivity contribution < 1.29 is 28.6 Å². The van der Waals surface area contributed by atoms with Gasteiger partial charge in [0, 0.05) is 6.61 Å². The SMILES string of the molecule is COC(=O)c1nc(C2(NC(=O)OC(C)(C)C)CCC(CO[Si](C)(C)C(C)(C)C)CC2)[nH]c(=O)c1O. The number of carbonyl (C=O) groups excluding carboxylic acids is 2. The van der Waals surface area contributed by atoms with Crippen LogP contribution in [0.1, 0.15) is 83.5 Å². The zero-order valence-corrected chi connectivity index (χ0v) is 23.5. The number of hydrogen-bond acceptors (Lipinski definition) is 8. The van der Waals surface area contributed by atoms with Gasteiger partial charge in [0.1, 0.15) is 17.0 Å². The van der Waals surface area contributed by atoms with Crippen molar-refractivity contribution in [3.63, 3.8) is 0 Å². The predicted molar refractivity (Wildman–Crippen MR) is 134 cm³/mol. The van der Waals surface area contributed by atoms with Crippen LogP contribution in [0.5, 0.6) is 5.75 Å². The third kappa shape index (κ3) is 7.06. The molecule has 0 unspecified atom stereocenters. The van der Waals surface area contributed by atoms with E-state index in [9.17, 15) is 19.5 Å². The highest BCUT2D eigenvalue weighted by molar-refractivity contribution is 6.74. The van der Waals surface area contributed by atoms with E-state index >= 15 is 0 Å². The highest BCUT2D eigenvalue weighted by Gasteiger charge is 2.44. The number of esters is 1. The Morgan fingerprint density at radius 2 is 1.74 bits per heavy atom. The largest absolute Gasteiger partial charge is 0.501 e. The fourth-order valence-electron chi connectivity index (χ4n) is 3.73. The van der Waals surface area contributed by atoms with Crippen molar-refractivity contribution in [1.29, 1.82) is 0 Å². The van der Waals surface area contributed by atoms with Crippen molar-refractivity contribution in [1.82, 2.24) is 15.3 Å². The van der Waals surface area contributed by atoms with Crippen LogP contribution in [-0.4, -0.2) is 54.8 Å². The molecule has 1 amide bonds. The highest BCUT2D eigenvalue weighted by atomic mass is 28.4. The summed E-state index contributed by atoms with van der Waals surface area (Å²) in [6, 6.07) is 0. The second-order valence-electron chi connectivity index (χ2n) is 11.8. The molecule has 1 fully saturated rings. The van der Waals surface area contributed by atoms with Gasteiger partial charge in [0.2, 0.25) is 5.75 Å². The number of aromatic hydroxyl groups is 1. The molecule has 198 valence electrons.